The van der Waals surface area contributed by atoms with Gasteiger partial charge in [-0.1, -0.05) is 40.1 Å². The van der Waals surface area contributed by atoms with Gasteiger partial charge < -0.3 is 151 Å². The summed E-state index contributed by atoms with van der Waals surface area (Å²) in [6, 6.07) is 4.04. The zero-order valence-electron chi connectivity index (χ0n) is 74.6. The highest BCUT2D eigenvalue weighted by Gasteiger charge is 2.61. The zero-order valence-corrected chi connectivity index (χ0v) is 76.3. The summed E-state index contributed by atoms with van der Waals surface area (Å²) in [5.74, 6) is -0.0571. The Balaban J connectivity index is 0.724. The monoisotopic (exact) mass is 1880 g/mol. The van der Waals surface area contributed by atoms with Gasteiger partial charge in [0, 0.05) is 70.6 Å². The minimum Gasteiger partial charge on any atom is -0.390 e. The van der Waals surface area contributed by atoms with Gasteiger partial charge in [0.05, 0.1) is 250 Å². The van der Waals surface area contributed by atoms with E-state index in [1.54, 1.807) is 49.5 Å². The van der Waals surface area contributed by atoms with E-state index >= 15 is 0 Å². The van der Waals surface area contributed by atoms with Crippen molar-refractivity contribution in [3.05, 3.63) is 60.0 Å². The van der Waals surface area contributed by atoms with Crippen molar-refractivity contribution >= 4 is 50.9 Å². The van der Waals surface area contributed by atoms with Crippen LogP contribution in [0.3, 0.4) is 0 Å². The van der Waals surface area contributed by atoms with Gasteiger partial charge in [0.15, 0.2) is 18.9 Å². The van der Waals surface area contributed by atoms with Crippen molar-refractivity contribution < 1.29 is 149 Å². The Labute approximate surface area is 760 Å². The third-order valence-electron chi connectivity index (χ3n) is 21.2. The Kier molecular flexibility index (Phi) is 50.1. The molecule has 6 aliphatic heterocycles. The number of hydrazone groups is 1. The van der Waals surface area contributed by atoms with Crippen molar-refractivity contribution in [2.24, 2.45) is 5.10 Å². The first-order valence-electron chi connectivity index (χ1n) is 44.4. The maximum atomic E-state index is 14.4. The number of aliphatic hydroxyl groups is 6. The summed E-state index contributed by atoms with van der Waals surface area (Å²) >= 11 is 0. The van der Waals surface area contributed by atoms with Crippen LogP contribution >= 0.6 is 21.6 Å². The Hall–Kier alpha value is -5.86. The lowest BCUT2D eigenvalue weighted by Crippen LogP contribution is -2.66. The zero-order chi connectivity index (χ0) is 91.6. The molecule has 10 N–H and O–H groups in total. The molecule has 9 rings (SSSR count). The fourth-order valence-electron chi connectivity index (χ4n) is 14.4. The normalized spacial score (nSPS) is 24.9. The molecule has 9 heterocycles. The molecule has 15 unspecified atom stereocenters. The summed E-state index contributed by atoms with van der Waals surface area (Å²) in [4.78, 5) is 54.8. The van der Waals surface area contributed by atoms with Gasteiger partial charge in [0.1, 0.15) is 81.9 Å². The number of amides is 4. The topological polar surface area (TPSA) is 522 Å². The molecule has 732 valence electrons. The fraction of sp³-hybridized carbons (Fsp3) is 0.807. The van der Waals surface area contributed by atoms with Gasteiger partial charge in [-0.15, -0.1) is 10.2 Å². The maximum absolute atomic E-state index is 14.4. The summed E-state index contributed by atoms with van der Waals surface area (Å²) in [7, 11) is 4.89. The predicted octanol–water partition coefficient (Wildman–Crippen LogP) is -0.711. The van der Waals surface area contributed by atoms with Crippen LogP contribution in [0.5, 0.6) is 0 Å². The number of hydrogen-bond donors (Lipinski definition) is 10. The number of carbonyl (C=O) groups excluding carboxylic acids is 4. The quantitative estimate of drug-likeness (QED) is 0.0246. The Morgan fingerprint density at radius 1 is 0.550 bits per heavy atom. The number of unbranched alkanes of at least 4 members (excludes halogenated alkanes) is 4. The minimum atomic E-state index is -1.34. The number of aromatic nitrogens is 7. The number of nitrogens with zero attached hydrogens (tertiary/aromatic N) is 9. The number of ether oxygens (including phenoxy) is 21. The van der Waals surface area contributed by atoms with Gasteiger partial charge >= 0.3 is 0 Å². The van der Waals surface area contributed by atoms with Crippen LogP contribution in [0.2, 0.25) is 0 Å². The number of pyridine rings is 1. The average Bonchev–Trinajstić information content (AvgIpc) is 1.60. The molecular formula is C83H137N13O31S2. The van der Waals surface area contributed by atoms with Crippen molar-refractivity contribution in [1.82, 2.24) is 61.2 Å². The first kappa shape index (κ1) is 107. The van der Waals surface area contributed by atoms with Crippen LogP contribution in [0.15, 0.2) is 58.7 Å². The highest BCUT2D eigenvalue weighted by molar-refractivity contribution is 8.76. The summed E-state index contributed by atoms with van der Waals surface area (Å²) in [6.45, 7) is 12.4. The van der Waals surface area contributed by atoms with E-state index in [2.05, 4.69) is 46.9 Å². The average molecular weight is 1880 g/mol. The van der Waals surface area contributed by atoms with Crippen molar-refractivity contribution in [3.8, 4) is 0 Å². The molecule has 0 radical (unpaired) electrons. The number of fused-ring (bicyclic) bond motifs is 4. The standard InChI is InChI=1S/C83H137N13O31S2/c1-60-16-17-63(46-94(91-60)20-23-108-26-29-111-33-36-115-39-42-118-56-82-58-123-79(126-82)72(86-61(2)97)75(103)77(82)105)49-120-53-81(88-69(101)14-7-5-10-18-84-68(100)13-8-6-12-44-128-129-70-15-9-11-19-85-70,54-121-50-64-47-95(92-89-64)21-24-109-27-30-112-32-35-114-38-41-117-52-67-74(102)66(99)45-71(107-4)125-67)55-122-51-65-48-96(93-90-65)22-25-110-28-31-113-34-37-116-40-43-119-57-83-59-124-80(127-83)73(87-62(3)98)76(104)78(83)106/h9,11,15,19,46-48,66-67,71-80,99,102-106H,5-8,10,12-14,16-18,20-45,49-59H2,1-4H3,(H,84,100)(H,86,97)(H,87,98)(H,88,101). The van der Waals surface area contributed by atoms with Gasteiger partial charge in [0.2, 0.25) is 23.6 Å². The van der Waals surface area contributed by atoms with Crippen molar-refractivity contribution in [1.29, 1.82) is 0 Å². The molecule has 0 aliphatic carbocycles. The van der Waals surface area contributed by atoms with Crippen molar-refractivity contribution in [3.63, 3.8) is 0 Å². The SMILES string of the molecule is COC1CC(O)C(O)C(COCCOCCOCCOCCn2cc(COCC(COCC3=CN(CCOCCOCCOCCOCC45COC(O4)C(NC(C)=O)C(O)C5O)N=C(C)CC3)(COCc3cn(CCOCCOCCOCCOCC45COC(O4)C(NC(C)=O)C(O)C5O)nn3)NC(=O)CCCCCNC(=O)CCCCCSSc3ccccn3)nn2)O1. The van der Waals surface area contributed by atoms with Crippen LogP contribution in [0, 0.1) is 0 Å². The van der Waals surface area contributed by atoms with Crippen LogP contribution < -0.4 is 21.3 Å². The number of methoxy groups -OCH3 is 1. The second-order valence-electron chi connectivity index (χ2n) is 32.0. The van der Waals surface area contributed by atoms with E-state index in [0.717, 1.165) is 41.3 Å². The molecule has 46 heteroatoms. The molecule has 5 fully saturated rings. The van der Waals surface area contributed by atoms with Crippen LogP contribution in [-0.4, -0.2) is 415 Å². The molecular weight excluding hydrogens is 1740 g/mol. The van der Waals surface area contributed by atoms with E-state index < -0.39 is 90.4 Å². The third kappa shape index (κ3) is 39.2. The minimum absolute atomic E-state index is 0.00848. The first-order chi connectivity index (χ1) is 62.7. The maximum Gasteiger partial charge on any atom is 0.220 e. The molecule has 0 aromatic carbocycles. The van der Waals surface area contributed by atoms with Crippen molar-refractivity contribution in [2.45, 2.75) is 213 Å². The molecule has 129 heavy (non-hydrogen) atoms. The number of nitrogens with one attached hydrogen (secondary N) is 4. The molecule has 44 nitrogen and oxygen atoms in total. The number of rotatable bonds is 72. The lowest BCUT2D eigenvalue weighted by molar-refractivity contribution is -0.252. The highest BCUT2D eigenvalue weighted by atomic mass is 33.1. The molecule has 3 aromatic heterocycles. The van der Waals surface area contributed by atoms with E-state index in [9.17, 15) is 49.8 Å². The first-order valence-corrected chi connectivity index (χ1v) is 46.7. The molecule has 0 saturated carbocycles. The Morgan fingerprint density at radius 3 is 1.53 bits per heavy atom. The van der Waals surface area contributed by atoms with E-state index in [1.165, 1.54) is 21.0 Å². The van der Waals surface area contributed by atoms with Crippen LogP contribution in [0.1, 0.15) is 103 Å². The highest BCUT2D eigenvalue weighted by Crippen LogP contribution is 2.39. The fourth-order valence-corrected chi connectivity index (χ4v) is 16.4. The van der Waals surface area contributed by atoms with Gasteiger partial charge in [-0.3, -0.25) is 24.2 Å². The number of carbonyl (C=O) groups is 4. The second-order valence-corrected chi connectivity index (χ2v) is 34.4. The summed E-state index contributed by atoms with van der Waals surface area (Å²) in [5.41, 5.74) is -0.910. The Bertz CT molecular complexity index is 3680. The summed E-state index contributed by atoms with van der Waals surface area (Å²) < 4.78 is 125. The van der Waals surface area contributed by atoms with Crippen LogP contribution in [0.25, 0.3) is 0 Å². The third-order valence-corrected chi connectivity index (χ3v) is 23.6. The van der Waals surface area contributed by atoms with Gasteiger partial charge in [-0.05, 0) is 73.9 Å². The number of hydrogen-bond acceptors (Lipinski definition) is 40. The summed E-state index contributed by atoms with van der Waals surface area (Å²) in [6.07, 6.45) is 3.54. The largest absolute Gasteiger partial charge is 0.390 e. The molecule has 5 saturated heterocycles. The van der Waals surface area contributed by atoms with E-state index in [-0.39, 0.29) is 142 Å². The summed E-state index contributed by atoms with van der Waals surface area (Å²) in [5, 5.41) is 99.8. The van der Waals surface area contributed by atoms with Crippen LogP contribution in [0.4, 0.5) is 0 Å². The smallest absolute Gasteiger partial charge is 0.220 e. The van der Waals surface area contributed by atoms with E-state index in [1.807, 2.05) is 36.3 Å². The molecule has 4 bridgehead atoms. The van der Waals surface area contributed by atoms with Crippen LogP contribution in [-0.2, 0) is 145 Å². The van der Waals surface area contributed by atoms with Gasteiger partial charge in [-0.2, -0.15) is 5.10 Å². The molecule has 15 atom stereocenters. The number of aliphatic hydroxyl groups excluding tert-OH is 6. The molecule has 4 amide bonds. The van der Waals surface area contributed by atoms with E-state index in [0.29, 0.717) is 182 Å². The molecule has 6 aliphatic rings. The Morgan fingerprint density at radius 2 is 1.03 bits per heavy atom. The molecule has 0 spiro atoms. The predicted molar refractivity (Wildman–Crippen MR) is 459 cm³/mol. The van der Waals surface area contributed by atoms with Gasteiger partial charge in [0.25, 0.3) is 0 Å². The lowest BCUT2D eigenvalue weighted by atomic mass is 9.88. The van der Waals surface area contributed by atoms with Gasteiger partial charge in [-0.25, -0.2) is 14.3 Å². The molecule has 3 aromatic rings. The van der Waals surface area contributed by atoms with Crippen molar-refractivity contribution in [2.75, 3.05) is 224 Å². The second kappa shape index (κ2) is 60.5. The lowest BCUT2D eigenvalue weighted by Gasteiger charge is -2.42. The van der Waals surface area contributed by atoms with E-state index in [4.69, 9.17) is 105 Å².